The summed E-state index contributed by atoms with van der Waals surface area (Å²) in [5.41, 5.74) is 5.50. The summed E-state index contributed by atoms with van der Waals surface area (Å²) in [5.74, 6) is 1.17. The molecule has 0 radical (unpaired) electrons. The summed E-state index contributed by atoms with van der Waals surface area (Å²) in [6, 6.07) is 1.04. The monoisotopic (exact) mass is 233 g/mol. The molecule has 0 fully saturated rings. The van der Waals surface area contributed by atoms with Gasteiger partial charge in [0.1, 0.15) is 0 Å². The molecule has 0 aromatic heterocycles. The molecule has 0 saturated carbocycles. The van der Waals surface area contributed by atoms with Crippen molar-refractivity contribution in [2.45, 2.75) is 40.2 Å². The van der Waals surface area contributed by atoms with E-state index in [-0.39, 0.29) is 0 Å². The standard InChI is InChI=1S/C11H27NO2Si/c1-10(2)8-13-15(7-5-6-12)14-9-11(3)4/h10-11,15H,5-9,12H2,1-4H3. The average molecular weight is 233 g/mol. The van der Waals surface area contributed by atoms with Crippen LogP contribution >= 0.6 is 0 Å². The third-order valence-electron chi connectivity index (χ3n) is 1.87. The fourth-order valence-electron chi connectivity index (χ4n) is 1.10. The SMILES string of the molecule is CC(C)CO[SiH](CCCN)OCC(C)C. The maximum atomic E-state index is 5.82. The van der Waals surface area contributed by atoms with E-state index in [9.17, 15) is 0 Å². The van der Waals surface area contributed by atoms with Crippen LogP contribution in [-0.2, 0) is 8.85 Å². The Morgan fingerprint density at radius 1 is 1.00 bits per heavy atom. The molecule has 3 nitrogen and oxygen atoms in total. The molecule has 0 bridgehead atoms. The molecule has 0 rings (SSSR count). The van der Waals surface area contributed by atoms with Crippen LogP contribution in [0.4, 0.5) is 0 Å². The predicted octanol–water partition coefficient (Wildman–Crippen LogP) is 1.90. The summed E-state index contributed by atoms with van der Waals surface area (Å²) in [6.45, 7) is 11.0. The minimum atomic E-state index is -1.44. The van der Waals surface area contributed by atoms with Crippen LogP contribution in [0.5, 0.6) is 0 Å². The number of nitrogens with two attached hydrogens (primary N) is 1. The second-order valence-corrected chi connectivity index (χ2v) is 6.92. The van der Waals surface area contributed by atoms with Gasteiger partial charge in [-0.2, -0.15) is 0 Å². The third-order valence-corrected chi connectivity index (χ3v) is 3.88. The van der Waals surface area contributed by atoms with Gasteiger partial charge in [0.2, 0.25) is 0 Å². The minimum absolute atomic E-state index is 0.584. The van der Waals surface area contributed by atoms with E-state index in [4.69, 9.17) is 14.6 Å². The zero-order valence-electron chi connectivity index (χ0n) is 10.7. The first-order valence-electron chi connectivity index (χ1n) is 5.99. The highest BCUT2D eigenvalue weighted by Crippen LogP contribution is 2.06. The Hall–Kier alpha value is 0.0969. The van der Waals surface area contributed by atoms with Crippen LogP contribution in [0.1, 0.15) is 34.1 Å². The Labute approximate surface area is 96.2 Å². The van der Waals surface area contributed by atoms with Crippen molar-refractivity contribution >= 4 is 9.28 Å². The normalized spacial score (nSPS) is 12.0. The van der Waals surface area contributed by atoms with E-state index in [2.05, 4.69) is 27.7 Å². The first-order chi connectivity index (χ1) is 7.06. The highest BCUT2D eigenvalue weighted by atomic mass is 28.3. The number of hydrogen-bond donors (Lipinski definition) is 1. The first-order valence-corrected chi connectivity index (χ1v) is 7.75. The molecule has 0 aliphatic carbocycles. The topological polar surface area (TPSA) is 44.5 Å². The van der Waals surface area contributed by atoms with Crippen molar-refractivity contribution in [2.24, 2.45) is 17.6 Å². The van der Waals surface area contributed by atoms with Gasteiger partial charge in [0.15, 0.2) is 0 Å². The predicted molar refractivity (Wildman–Crippen MR) is 67.2 cm³/mol. The molecular weight excluding hydrogens is 206 g/mol. The van der Waals surface area contributed by atoms with E-state index in [1.165, 1.54) is 0 Å². The van der Waals surface area contributed by atoms with E-state index in [0.29, 0.717) is 11.8 Å². The molecule has 0 heterocycles. The van der Waals surface area contributed by atoms with Crippen LogP contribution in [0.3, 0.4) is 0 Å². The fourth-order valence-corrected chi connectivity index (χ4v) is 3.30. The van der Waals surface area contributed by atoms with E-state index in [0.717, 1.165) is 32.2 Å². The van der Waals surface area contributed by atoms with Crippen LogP contribution in [0, 0.1) is 11.8 Å². The molecule has 15 heavy (non-hydrogen) atoms. The van der Waals surface area contributed by atoms with Gasteiger partial charge in [-0.05, 0) is 30.8 Å². The zero-order chi connectivity index (χ0) is 11.7. The Morgan fingerprint density at radius 2 is 1.47 bits per heavy atom. The second kappa shape index (κ2) is 9.33. The van der Waals surface area contributed by atoms with Crippen molar-refractivity contribution < 1.29 is 8.85 Å². The number of rotatable bonds is 9. The van der Waals surface area contributed by atoms with Gasteiger partial charge in [-0.3, -0.25) is 0 Å². The lowest BCUT2D eigenvalue weighted by molar-refractivity contribution is 0.163. The fraction of sp³-hybridized carbons (Fsp3) is 1.00. The minimum Gasteiger partial charge on any atom is -0.396 e. The Morgan fingerprint density at radius 3 is 1.80 bits per heavy atom. The molecular formula is C11H27NO2Si. The highest BCUT2D eigenvalue weighted by Gasteiger charge is 2.14. The summed E-state index contributed by atoms with van der Waals surface area (Å²) in [7, 11) is -1.44. The summed E-state index contributed by atoms with van der Waals surface area (Å²) < 4.78 is 11.6. The van der Waals surface area contributed by atoms with Crippen molar-refractivity contribution in [3.05, 3.63) is 0 Å². The summed E-state index contributed by atoms with van der Waals surface area (Å²) in [5, 5.41) is 0. The van der Waals surface area contributed by atoms with Gasteiger partial charge < -0.3 is 14.6 Å². The van der Waals surface area contributed by atoms with Gasteiger partial charge in [0.25, 0.3) is 0 Å². The summed E-state index contributed by atoms with van der Waals surface area (Å²) >= 11 is 0. The Balaban J connectivity index is 3.73. The lowest BCUT2D eigenvalue weighted by Crippen LogP contribution is -2.27. The Kier molecular flexibility index (Phi) is 9.39. The molecule has 0 atom stereocenters. The van der Waals surface area contributed by atoms with Gasteiger partial charge in [-0.1, -0.05) is 27.7 Å². The van der Waals surface area contributed by atoms with Crippen molar-refractivity contribution in [3.63, 3.8) is 0 Å². The molecule has 0 aromatic carbocycles. The zero-order valence-corrected chi connectivity index (χ0v) is 11.8. The highest BCUT2D eigenvalue weighted by molar-refractivity contribution is 6.44. The van der Waals surface area contributed by atoms with Gasteiger partial charge >= 0.3 is 9.28 Å². The molecule has 4 heteroatoms. The van der Waals surface area contributed by atoms with Crippen molar-refractivity contribution in [1.82, 2.24) is 0 Å². The average Bonchev–Trinajstić information content (AvgIpc) is 2.16. The summed E-state index contributed by atoms with van der Waals surface area (Å²) in [6.07, 6.45) is 1.02. The van der Waals surface area contributed by atoms with E-state index < -0.39 is 9.28 Å². The van der Waals surface area contributed by atoms with Crippen molar-refractivity contribution in [2.75, 3.05) is 19.8 Å². The quantitative estimate of drug-likeness (QED) is 0.619. The van der Waals surface area contributed by atoms with Crippen LogP contribution in [0.15, 0.2) is 0 Å². The van der Waals surface area contributed by atoms with E-state index in [1.54, 1.807) is 0 Å². The van der Waals surface area contributed by atoms with E-state index >= 15 is 0 Å². The van der Waals surface area contributed by atoms with Gasteiger partial charge in [0.05, 0.1) is 0 Å². The van der Waals surface area contributed by atoms with Crippen LogP contribution < -0.4 is 5.73 Å². The number of hydrogen-bond acceptors (Lipinski definition) is 3. The molecule has 0 aliphatic heterocycles. The summed E-state index contributed by atoms with van der Waals surface area (Å²) in [4.78, 5) is 0. The van der Waals surface area contributed by atoms with Gasteiger partial charge in [-0.25, -0.2) is 0 Å². The van der Waals surface area contributed by atoms with Crippen LogP contribution in [-0.4, -0.2) is 29.0 Å². The lowest BCUT2D eigenvalue weighted by atomic mass is 10.2. The molecule has 0 amide bonds. The Bertz CT molecular complexity index is 131. The molecule has 0 aliphatic rings. The maximum absolute atomic E-state index is 5.82. The van der Waals surface area contributed by atoms with Crippen molar-refractivity contribution in [1.29, 1.82) is 0 Å². The van der Waals surface area contributed by atoms with Gasteiger partial charge in [0, 0.05) is 13.2 Å². The lowest BCUT2D eigenvalue weighted by Gasteiger charge is -2.19. The largest absolute Gasteiger partial charge is 0.396 e. The molecule has 0 saturated heterocycles. The third kappa shape index (κ3) is 10.4. The van der Waals surface area contributed by atoms with Crippen molar-refractivity contribution in [3.8, 4) is 0 Å². The van der Waals surface area contributed by atoms with Crippen LogP contribution in [0.2, 0.25) is 6.04 Å². The van der Waals surface area contributed by atoms with E-state index in [1.807, 2.05) is 0 Å². The van der Waals surface area contributed by atoms with Crippen LogP contribution in [0.25, 0.3) is 0 Å². The molecule has 92 valence electrons. The first kappa shape index (κ1) is 15.1. The smallest absolute Gasteiger partial charge is 0.321 e. The molecule has 2 N–H and O–H groups in total. The molecule has 0 unspecified atom stereocenters. The molecule has 0 aromatic rings. The maximum Gasteiger partial charge on any atom is 0.321 e. The molecule has 0 spiro atoms. The van der Waals surface area contributed by atoms with Gasteiger partial charge in [-0.15, -0.1) is 0 Å². The second-order valence-electron chi connectivity index (χ2n) is 4.81.